The van der Waals surface area contributed by atoms with Gasteiger partial charge in [-0.25, -0.2) is 4.79 Å². The molecule has 0 spiro atoms. The molecule has 0 saturated heterocycles. The Morgan fingerprint density at radius 1 is 1.79 bits per heavy atom. The fraction of sp³-hybridized carbons (Fsp3) is 0.429. The van der Waals surface area contributed by atoms with E-state index in [1.807, 2.05) is 0 Å². The number of nitrogens with zero attached hydrogens (tertiary/aromatic N) is 2. The molecule has 0 unspecified atom stereocenters. The monoisotopic (exact) mass is 224 g/mol. The van der Waals surface area contributed by atoms with Gasteiger partial charge in [0.2, 0.25) is 0 Å². The minimum atomic E-state index is -4.01. The molecule has 0 aliphatic carbocycles. The van der Waals surface area contributed by atoms with Crippen molar-refractivity contribution in [1.29, 1.82) is 0 Å². The molecule has 0 bridgehead atoms. The van der Waals surface area contributed by atoms with Crippen LogP contribution in [0.15, 0.2) is 6.20 Å². The van der Waals surface area contributed by atoms with Crippen LogP contribution in [0.4, 0.5) is 8.78 Å². The Balaban J connectivity index is 3.29. The van der Waals surface area contributed by atoms with E-state index in [1.54, 1.807) is 6.92 Å². The lowest BCUT2D eigenvalue weighted by Crippen LogP contribution is -2.29. The highest BCUT2D eigenvalue weighted by molar-refractivity contribution is 6.31. The molecule has 0 aliphatic heterocycles. The van der Waals surface area contributed by atoms with Gasteiger partial charge in [0, 0.05) is 6.54 Å². The van der Waals surface area contributed by atoms with Crippen LogP contribution in [0.25, 0.3) is 0 Å². The fourth-order valence-corrected chi connectivity index (χ4v) is 1.28. The number of carboxylic acid groups (broad SMARTS) is 1. The van der Waals surface area contributed by atoms with E-state index in [-0.39, 0.29) is 11.6 Å². The number of carbonyl (C=O) groups is 1. The zero-order chi connectivity index (χ0) is 10.9. The van der Waals surface area contributed by atoms with Crippen molar-refractivity contribution in [2.24, 2.45) is 0 Å². The topological polar surface area (TPSA) is 55.1 Å². The summed E-state index contributed by atoms with van der Waals surface area (Å²) in [5.41, 5.74) is -0.783. The third-order valence-corrected chi connectivity index (χ3v) is 1.94. The highest BCUT2D eigenvalue weighted by Crippen LogP contribution is 2.33. The standard InChI is InChI=1S/C7H7ClF2N2O2/c1-2-12-5(4(8)3-11-12)7(9,10)6(13)14/h3H,2H2,1H3,(H,13,14). The van der Waals surface area contributed by atoms with Gasteiger partial charge in [-0.1, -0.05) is 11.6 Å². The van der Waals surface area contributed by atoms with Gasteiger partial charge in [-0.2, -0.15) is 13.9 Å². The third-order valence-electron chi connectivity index (χ3n) is 1.66. The molecule has 0 saturated carbocycles. The van der Waals surface area contributed by atoms with Gasteiger partial charge in [0.05, 0.1) is 11.2 Å². The van der Waals surface area contributed by atoms with Gasteiger partial charge < -0.3 is 5.11 Å². The largest absolute Gasteiger partial charge is 0.476 e. The molecule has 1 aromatic heterocycles. The van der Waals surface area contributed by atoms with Gasteiger partial charge in [0.25, 0.3) is 0 Å². The van der Waals surface area contributed by atoms with E-state index in [0.29, 0.717) is 0 Å². The summed E-state index contributed by atoms with van der Waals surface area (Å²) in [4.78, 5) is 10.3. The van der Waals surface area contributed by atoms with Crippen LogP contribution in [-0.4, -0.2) is 20.9 Å². The van der Waals surface area contributed by atoms with Crippen LogP contribution in [0.3, 0.4) is 0 Å². The molecule has 0 radical (unpaired) electrons. The van der Waals surface area contributed by atoms with Gasteiger partial charge in [-0.05, 0) is 6.92 Å². The van der Waals surface area contributed by atoms with E-state index in [4.69, 9.17) is 16.7 Å². The second kappa shape index (κ2) is 3.53. The van der Waals surface area contributed by atoms with E-state index in [2.05, 4.69) is 5.10 Å². The van der Waals surface area contributed by atoms with Crippen molar-refractivity contribution >= 4 is 17.6 Å². The normalized spacial score (nSPS) is 11.7. The molecule has 0 aromatic carbocycles. The van der Waals surface area contributed by atoms with Crippen molar-refractivity contribution in [3.63, 3.8) is 0 Å². The first-order valence-corrected chi connectivity index (χ1v) is 4.12. The predicted octanol–water partition coefficient (Wildman–Crippen LogP) is 1.73. The molecule has 0 amide bonds. The lowest BCUT2D eigenvalue weighted by molar-refractivity contribution is -0.167. The highest BCUT2D eigenvalue weighted by Gasteiger charge is 2.46. The van der Waals surface area contributed by atoms with Crippen molar-refractivity contribution in [2.45, 2.75) is 19.4 Å². The lowest BCUT2D eigenvalue weighted by Gasteiger charge is -2.12. The maximum atomic E-state index is 13.1. The SMILES string of the molecule is CCn1ncc(Cl)c1C(F)(F)C(=O)O. The molecular formula is C7H7ClF2N2O2. The van der Waals surface area contributed by atoms with Crippen LogP contribution in [0, 0.1) is 0 Å². The number of halogens is 3. The quantitative estimate of drug-likeness (QED) is 0.851. The molecule has 1 rings (SSSR count). The smallest absolute Gasteiger partial charge is 0.385 e. The second-order valence-corrected chi connectivity index (χ2v) is 2.94. The van der Waals surface area contributed by atoms with Gasteiger partial charge in [-0.3, -0.25) is 4.68 Å². The molecule has 14 heavy (non-hydrogen) atoms. The van der Waals surface area contributed by atoms with E-state index < -0.39 is 17.6 Å². The minimum Gasteiger partial charge on any atom is -0.476 e. The summed E-state index contributed by atoms with van der Waals surface area (Å²) in [5.74, 6) is -6.25. The van der Waals surface area contributed by atoms with Crippen molar-refractivity contribution < 1.29 is 18.7 Å². The number of hydrogen-bond acceptors (Lipinski definition) is 2. The zero-order valence-corrected chi connectivity index (χ0v) is 7.92. The van der Waals surface area contributed by atoms with Crippen LogP contribution in [-0.2, 0) is 17.3 Å². The molecule has 78 valence electrons. The van der Waals surface area contributed by atoms with Crippen LogP contribution < -0.4 is 0 Å². The number of alkyl halides is 2. The molecule has 4 nitrogen and oxygen atoms in total. The molecule has 1 heterocycles. The zero-order valence-electron chi connectivity index (χ0n) is 7.17. The summed E-state index contributed by atoms with van der Waals surface area (Å²) in [6.07, 6.45) is 0.997. The van der Waals surface area contributed by atoms with Crippen LogP contribution in [0.1, 0.15) is 12.6 Å². The summed E-state index contributed by atoms with van der Waals surface area (Å²) in [6, 6.07) is 0. The second-order valence-electron chi connectivity index (χ2n) is 2.54. The Labute approximate surface area is 83.1 Å². The van der Waals surface area contributed by atoms with Crippen molar-refractivity contribution in [3.05, 3.63) is 16.9 Å². The van der Waals surface area contributed by atoms with E-state index in [1.165, 1.54) is 0 Å². The summed E-state index contributed by atoms with van der Waals surface area (Å²) in [5, 5.41) is 11.5. The molecule has 1 N–H and O–H groups in total. The Kier molecular flexibility index (Phi) is 2.75. The first-order valence-electron chi connectivity index (χ1n) is 3.74. The fourth-order valence-electron chi connectivity index (χ4n) is 1.02. The van der Waals surface area contributed by atoms with Gasteiger partial charge >= 0.3 is 11.9 Å². The van der Waals surface area contributed by atoms with Crippen molar-refractivity contribution in [3.8, 4) is 0 Å². The number of aliphatic carboxylic acids is 1. The minimum absolute atomic E-state index is 0.130. The van der Waals surface area contributed by atoms with Crippen molar-refractivity contribution in [1.82, 2.24) is 9.78 Å². The molecule has 0 fully saturated rings. The third kappa shape index (κ3) is 1.57. The Morgan fingerprint density at radius 2 is 2.36 bits per heavy atom. The van der Waals surface area contributed by atoms with E-state index in [9.17, 15) is 13.6 Å². The number of rotatable bonds is 3. The van der Waals surface area contributed by atoms with Crippen LogP contribution in [0.2, 0.25) is 5.02 Å². The Bertz CT molecular complexity index is 365. The van der Waals surface area contributed by atoms with Crippen LogP contribution in [0.5, 0.6) is 0 Å². The van der Waals surface area contributed by atoms with Gasteiger partial charge in [0.15, 0.2) is 0 Å². The molecule has 1 aromatic rings. The summed E-state index contributed by atoms with van der Waals surface area (Å²) >= 11 is 5.43. The average Bonchev–Trinajstić information content (AvgIpc) is 2.46. The predicted molar refractivity (Wildman–Crippen MR) is 44.4 cm³/mol. The molecular weight excluding hydrogens is 218 g/mol. The number of aryl methyl sites for hydroxylation is 1. The van der Waals surface area contributed by atoms with Gasteiger partial charge in [-0.15, -0.1) is 0 Å². The first-order chi connectivity index (χ1) is 6.41. The number of aromatic nitrogens is 2. The highest BCUT2D eigenvalue weighted by atomic mass is 35.5. The van der Waals surface area contributed by atoms with E-state index in [0.717, 1.165) is 10.9 Å². The maximum Gasteiger partial charge on any atom is 0.385 e. The molecule has 0 aliphatic rings. The summed E-state index contributed by atoms with van der Waals surface area (Å²) < 4.78 is 27.0. The number of carboxylic acids is 1. The van der Waals surface area contributed by atoms with Crippen LogP contribution >= 0.6 is 11.6 Å². The maximum absolute atomic E-state index is 13.1. The molecule has 7 heteroatoms. The first kappa shape index (κ1) is 10.9. The van der Waals surface area contributed by atoms with Gasteiger partial charge in [0.1, 0.15) is 5.69 Å². The summed E-state index contributed by atoms with van der Waals surface area (Å²) in [6.45, 7) is 1.69. The lowest BCUT2D eigenvalue weighted by atomic mass is 10.2. The average molecular weight is 225 g/mol. The summed E-state index contributed by atoms with van der Waals surface area (Å²) in [7, 11) is 0. The van der Waals surface area contributed by atoms with E-state index >= 15 is 0 Å². The molecule has 0 atom stereocenters. The Morgan fingerprint density at radius 3 is 2.79 bits per heavy atom. The van der Waals surface area contributed by atoms with Crippen molar-refractivity contribution in [2.75, 3.05) is 0 Å². The Hall–Kier alpha value is -1.17. The number of hydrogen-bond donors (Lipinski definition) is 1.